The maximum Gasteiger partial charge on any atom is 0.183 e. The molecule has 1 aliphatic heterocycles. The third kappa shape index (κ3) is 3.62. The Hall–Kier alpha value is 0.490. The molecule has 13 heavy (non-hydrogen) atoms. The van der Waals surface area contributed by atoms with Gasteiger partial charge in [0, 0.05) is 13.1 Å². The lowest BCUT2D eigenvalue weighted by Crippen LogP contribution is -2.26. The summed E-state index contributed by atoms with van der Waals surface area (Å²) in [6.45, 7) is 0.662. The third-order valence-corrected chi connectivity index (χ3v) is 2.82. The summed E-state index contributed by atoms with van der Waals surface area (Å²) in [5, 5.41) is 8.94. The molecule has 0 saturated carbocycles. The summed E-state index contributed by atoms with van der Waals surface area (Å²) >= 11 is 4.77. The van der Waals surface area contributed by atoms with Crippen LogP contribution in [-0.4, -0.2) is 41.6 Å². The van der Waals surface area contributed by atoms with Gasteiger partial charge in [-0.25, -0.2) is 0 Å². The predicted molar refractivity (Wildman–Crippen MR) is 53.3 cm³/mol. The van der Waals surface area contributed by atoms with Gasteiger partial charge in [0.25, 0.3) is 0 Å². The lowest BCUT2D eigenvalue weighted by molar-refractivity contribution is -0.0104. The first-order valence-electron chi connectivity index (χ1n) is 4.17. The number of rotatable bonds is 3. The largest absolute Gasteiger partial charge is 0.394 e. The number of ether oxygens (including phenoxy) is 1. The Morgan fingerprint density at radius 3 is 2.77 bits per heavy atom. The quantitative estimate of drug-likeness (QED) is 0.685. The van der Waals surface area contributed by atoms with Crippen molar-refractivity contribution in [3.05, 3.63) is 0 Å². The lowest BCUT2D eigenvalue weighted by Gasteiger charge is -2.20. The van der Waals surface area contributed by atoms with Gasteiger partial charge in [-0.15, -0.1) is 0 Å². The van der Waals surface area contributed by atoms with E-state index in [1.165, 1.54) is 6.66 Å². The molecule has 0 amide bonds. The van der Waals surface area contributed by atoms with Crippen LogP contribution in [-0.2, 0) is 21.1 Å². The molecular formula is C7H15O4PS. The maximum atomic E-state index is 9.34. The van der Waals surface area contributed by atoms with Crippen molar-refractivity contribution in [1.29, 1.82) is 0 Å². The van der Waals surface area contributed by atoms with Crippen molar-refractivity contribution in [2.24, 2.45) is 0 Å². The third-order valence-electron chi connectivity index (χ3n) is 1.90. The first-order valence-corrected chi connectivity index (χ1v) is 7.29. The van der Waals surface area contributed by atoms with Crippen LogP contribution in [0.15, 0.2) is 0 Å². The van der Waals surface area contributed by atoms with Gasteiger partial charge in [-0.3, -0.25) is 0 Å². The number of aliphatic hydroxyl groups excluding tert-OH is 1. The molecule has 0 bridgehead atoms. The van der Waals surface area contributed by atoms with Gasteiger partial charge in [-0.2, -0.15) is 0 Å². The lowest BCUT2D eigenvalue weighted by atomic mass is 10.1. The average molecular weight is 226 g/mol. The SMILES string of the molecule is C[C@H]1CC(OP(C)(O)=S)[C@@H](CO)O1. The normalized spacial score (nSPS) is 38.9. The maximum absolute atomic E-state index is 9.34. The Balaban J connectivity index is 2.54. The van der Waals surface area contributed by atoms with Crippen molar-refractivity contribution >= 4 is 18.3 Å². The second-order valence-electron chi connectivity index (χ2n) is 3.35. The van der Waals surface area contributed by atoms with Gasteiger partial charge in [-0.1, -0.05) is 0 Å². The van der Waals surface area contributed by atoms with E-state index in [-0.39, 0.29) is 24.9 Å². The van der Waals surface area contributed by atoms with Crippen molar-refractivity contribution < 1.29 is 19.3 Å². The average Bonchev–Trinajstić information content (AvgIpc) is 2.27. The van der Waals surface area contributed by atoms with E-state index in [9.17, 15) is 4.89 Å². The molecule has 0 aromatic rings. The fourth-order valence-electron chi connectivity index (χ4n) is 1.44. The molecule has 0 aliphatic carbocycles. The van der Waals surface area contributed by atoms with Crippen LogP contribution in [0.5, 0.6) is 0 Å². The van der Waals surface area contributed by atoms with Gasteiger partial charge in [0.2, 0.25) is 0 Å². The van der Waals surface area contributed by atoms with E-state index in [1.807, 2.05) is 6.92 Å². The molecule has 6 heteroatoms. The molecule has 1 heterocycles. The Bertz CT molecular complexity index is 217. The highest BCUT2D eigenvalue weighted by Gasteiger charge is 2.35. The van der Waals surface area contributed by atoms with Crippen LogP contribution in [0.1, 0.15) is 13.3 Å². The molecular weight excluding hydrogens is 211 g/mol. The molecule has 1 fully saturated rings. The molecule has 0 aromatic carbocycles. The van der Waals surface area contributed by atoms with Crippen LogP contribution in [0.2, 0.25) is 0 Å². The molecule has 4 nitrogen and oxygen atoms in total. The number of hydrogen-bond donors (Lipinski definition) is 2. The van der Waals surface area contributed by atoms with Gasteiger partial charge in [0.05, 0.1) is 18.8 Å². The van der Waals surface area contributed by atoms with Gasteiger partial charge >= 0.3 is 0 Å². The molecule has 2 unspecified atom stereocenters. The highest BCUT2D eigenvalue weighted by atomic mass is 32.5. The zero-order valence-corrected chi connectivity index (χ0v) is 9.42. The van der Waals surface area contributed by atoms with Crippen molar-refractivity contribution in [2.45, 2.75) is 31.7 Å². The molecule has 78 valence electrons. The van der Waals surface area contributed by atoms with Crippen molar-refractivity contribution in [1.82, 2.24) is 0 Å². The van der Waals surface area contributed by atoms with Crippen molar-refractivity contribution in [3.8, 4) is 0 Å². The fourth-order valence-corrected chi connectivity index (χ4v) is 2.50. The van der Waals surface area contributed by atoms with E-state index >= 15 is 0 Å². The number of hydrogen-bond acceptors (Lipinski definition) is 4. The summed E-state index contributed by atoms with van der Waals surface area (Å²) in [7, 11) is 0. The Morgan fingerprint density at radius 1 is 1.69 bits per heavy atom. The summed E-state index contributed by atoms with van der Waals surface area (Å²) in [5.74, 6) is 0. The molecule has 4 atom stereocenters. The minimum absolute atomic E-state index is 0.0590. The molecule has 1 rings (SSSR count). The second-order valence-corrected chi connectivity index (χ2v) is 7.20. The van der Waals surface area contributed by atoms with Crippen LogP contribution in [0, 0.1) is 0 Å². The van der Waals surface area contributed by atoms with Crippen molar-refractivity contribution in [2.75, 3.05) is 13.3 Å². The van der Waals surface area contributed by atoms with E-state index in [2.05, 4.69) is 0 Å². The van der Waals surface area contributed by atoms with E-state index in [0.29, 0.717) is 6.42 Å². The summed E-state index contributed by atoms with van der Waals surface area (Å²) in [5.41, 5.74) is 0. The van der Waals surface area contributed by atoms with E-state index in [0.717, 1.165) is 0 Å². The minimum atomic E-state index is -2.65. The molecule has 0 radical (unpaired) electrons. The smallest absolute Gasteiger partial charge is 0.183 e. The first kappa shape index (κ1) is 11.6. The standard InChI is InChI=1S/C7H15O4PS/c1-5-3-6(7(4-8)10-5)11-12(2,9)13/h5-8H,3-4H2,1-2H3,(H,9,13)/t5-,6?,7+,12?/m0/s1. The number of aliphatic hydroxyl groups is 1. The van der Waals surface area contributed by atoms with Crippen LogP contribution in [0.25, 0.3) is 0 Å². The predicted octanol–water partition coefficient (Wildman–Crippen LogP) is 0.473. The highest BCUT2D eigenvalue weighted by Crippen LogP contribution is 2.42. The zero-order valence-electron chi connectivity index (χ0n) is 7.71. The molecule has 0 aromatic heterocycles. The summed E-state index contributed by atoms with van der Waals surface area (Å²) in [6.07, 6.45) is 0.131. The van der Waals surface area contributed by atoms with Crippen LogP contribution in [0.4, 0.5) is 0 Å². The first-order chi connectivity index (χ1) is 5.92. The Kier molecular flexibility index (Phi) is 3.86. The minimum Gasteiger partial charge on any atom is -0.394 e. The second kappa shape index (κ2) is 4.34. The summed E-state index contributed by atoms with van der Waals surface area (Å²) in [4.78, 5) is 9.34. The van der Waals surface area contributed by atoms with Crippen LogP contribution < -0.4 is 0 Å². The topological polar surface area (TPSA) is 58.9 Å². The Labute approximate surface area is 83.0 Å². The molecule has 0 spiro atoms. The van der Waals surface area contributed by atoms with Gasteiger partial charge < -0.3 is 19.3 Å². The van der Waals surface area contributed by atoms with E-state index in [4.69, 9.17) is 26.2 Å². The van der Waals surface area contributed by atoms with Crippen LogP contribution in [0.3, 0.4) is 0 Å². The van der Waals surface area contributed by atoms with Gasteiger partial charge in [-0.05, 0) is 18.7 Å². The summed E-state index contributed by atoms with van der Waals surface area (Å²) < 4.78 is 10.6. The van der Waals surface area contributed by atoms with E-state index < -0.39 is 6.49 Å². The van der Waals surface area contributed by atoms with E-state index in [1.54, 1.807) is 0 Å². The zero-order chi connectivity index (χ0) is 10.1. The van der Waals surface area contributed by atoms with Gasteiger partial charge in [0.1, 0.15) is 6.10 Å². The highest BCUT2D eigenvalue weighted by molar-refractivity contribution is 8.09. The molecule has 1 saturated heterocycles. The monoisotopic (exact) mass is 226 g/mol. The Morgan fingerprint density at radius 2 is 2.31 bits per heavy atom. The summed E-state index contributed by atoms with van der Waals surface area (Å²) in [6, 6.07) is 0. The fraction of sp³-hybridized carbons (Fsp3) is 1.00. The van der Waals surface area contributed by atoms with Crippen LogP contribution >= 0.6 is 6.49 Å². The van der Waals surface area contributed by atoms with Crippen molar-refractivity contribution in [3.63, 3.8) is 0 Å². The molecule has 1 aliphatic rings. The van der Waals surface area contributed by atoms with Gasteiger partial charge in [0.15, 0.2) is 6.49 Å². The molecule has 2 N–H and O–H groups in total.